The SMILES string of the molecule is Nc1cccc2c1C(=O)N(C(=O)c1cc(-c3ccccc3Cl)nc3ccccc13)C2=O. The summed E-state index contributed by atoms with van der Waals surface area (Å²) in [5, 5.41) is 0.991. The molecule has 5 rings (SSSR count). The highest BCUT2D eigenvalue weighted by molar-refractivity contribution is 6.34. The first-order chi connectivity index (χ1) is 15.0. The van der Waals surface area contributed by atoms with Crippen molar-refractivity contribution in [3.05, 3.63) is 94.5 Å². The van der Waals surface area contributed by atoms with Crippen LogP contribution in [-0.4, -0.2) is 27.6 Å². The van der Waals surface area contributed by atoms with E-state index in [4.69, 9.17) is 17.3 Å². The van der Waals surface area contributed by atoms with Gasteiger partial charge in [-0.1, -0.05) is 54.1 Å². The van der Waals surface area contributed by atoms with Gasteiger partial charge in [-0.15, -0.1) is 0 Å². The second-order valence-electron chi connectivity index (χ2n) is 7.07. The van der Waals surface area contributed by atoms with Crippen molar-refractivity contribution in [1.82, 2.24) is 9.88 Å². The molecule has 0 bridgehead atoms. The van der Waals surface area contributed by atoms with Crippen molar-refractivity contribution in [3.8, 4) is 11.3 Å². The molecule has 7 heteroatoms. The number of carbonyl (C=O) groups excluding carboxylic acids is 3. The van der Waals surface area contributed by atoms with E-state index in [-0.39, 0.29) is 22.4 Å². The molecule has 0 radical (unpaired) electrons. The Labute approximate surface area is 181 Å². The number of pyridine rings is 1. The van der Waals surface area contributed by atoms with E-state index in [2.05, 4.69) is 4.98 Å². The zero-order chi connectivity index (χ0) is 21.7. The number of imide groups is 3. The number of amides is 3. The fraction of sp³-hybridized carbons (Fsp3) is 0. The van der Waals surface area contributed by atoms with Crippen LogP contribution in [0.4, 0.5) is 5.69 Å². The largest absolute Gasteiger partial charge is 0.398 e. The van der Waals surface area contributed by atoms with E-state index in [1.807, 2.05) is 6.07 Å². The van der Waals surface area contributed by atoms with E-state index in [0.717, 1.165) is 0 Å². The topological polar surface area (TPSA) is 93.4 Å². The first-order valence-electron chi connectivity index (χ1n) is 9.43. The molecule has 3 amide bonds. The van der Waals surface area contributed by atoms with Gasteiger partial charge >= 0.3 is 0 Å². The number of para-hydroxylation sites is 1. The Morgan fingerprint density at radius 3 is 2.35 bits per heavy atom. The monoisotopic (exact) mass is 427 g/mol. The molecule has 0 spiro atoms. The second-order valence-corrected chi connectivity index (χ2v) is 7.48. The zero-order valence-corrected chi connectivity index (χ0v) is 16.8. The summed E-state index contributed by atoms with van der Waals surface area (Å²) in [6.45, 7) is 0. The molecule has 2 heterocycles. The maximum Gasteiger partial charge on any atom is 0.270 e. The van der Waals surface area contributed by atoms with Gasteiger partial charge in [0.2, 0.25) is 0 Å². The number of hydrogen-bond donors (Lipinski definition) is 1. The van der Waals surface area contributed by atoms with E-state index < -0.39 is 17.7 Å². The highest BCUT2D eigenvalue weighted by Crippen LogP contribution is 2.33. The molecule has 0 saturated heterocycles. The maximum atomic E-state index is 13.5. The molecule has 150 valence electrons. The fourth-order valence-electron chi connectivity index (χ4n) is 3.78. The van der Waals surface area contributed by atoms with Crippen molar-refractivity contribution >= 4 is 45.9 Å². The summed E-state index contributed by atoms with van der Waals surface area (Å²) < 4.78 is 0. The van der Waals surface area contributed by atoms with Gasteiger partial charge in [0.1, 0.15) is 0 Å². The van der Waals surface area contributed by atoms with Crippen LogP contribution in [0.2, 0.25) is 5.02 Å². The summed E-state index contributed by atoms with van der Waals surface area (Å²) in [4.78, 5) is 44.6. The van der Waals surface area contributed by atoms with Crippen molar-refractivity contribution in [2.24, 2.45) is 0 Å². The normalized spacial score (nSPS) is 13.0. The zero-order valence-electron chi connectivity index (χ0n) is 16.0. The van der Waals surface area contributed by atoms with Gasteiger partial charge in [-0.3, -0.25) is 14.4 Å². The summed E-state index contributed by atoms with van der Waals surface area (Å²) in [7, 11) is 0. The molecule has 2 N–H and O–H groups in total. The number of carbonyl (C=O) groups is 3. The molecular weight excluding hydrogens is 414 g/mol. The molecule has 0 fully saturated rings. The molecular formula is C24H14ClN3O3. The molecule has 31 heavy (non-hydrogen) atoms. The van der Waals surface area contributed by atoms with Crippen LogP contribution in [0, 0.1) is 0 Å². The molecule has 1 aliphatic rings. The Bertz CT molecular complexity index is 1430. The minimum Gasteiger partial charge on any atom is -0.398 e. The van der Waals surface area contributed by atoms with Crippen LogP contribution in [0.3, 0.4) is 0 Å². The predicted octanol–water partition coefficient (Wildman–Crippen LogP) is 4.57. The van der Waals surface area contributed by atoms with E-state index >= 15 is 0 Å². The minimum atomic E-state index is -0.738. The lowest BCUT2D eigenvalue weighted by molar-refractivity contribution is 0.0567. The number of nitrogen functional groups attached to an aromatic ring is 1. The van der Waals surface area contributed by atoms with Crippen LogP contribution in [0.25, 0.3) is 22.2 Å². The minimum absolute atomic E-state index is 0.0468. The Morgan fingerprint density at radius 1 is 0.871 bits per heavy atom. The highest BCUT2D eigenvalue weighted by Gasteiger charge is 2.42. The Hall–Kier alpha value is -4.03. The number of fused-ring (bicyclic) bond motifs is 2. The number of benzene rings is 3. The van der Waals surface area contributed by atoms with Gasteiger partial charge in [0, 0.05) is 21.7 Å². The van der Waals surface area contributed by atoms with Gasteiger partial charge in [0.15, 0.2) is 0 Å². The van der Waals surface area contributed by atoms with Crippen molar-refractivity contribution in [2.75, 3.05) is 5.73 Å². The average molecular weight is 428 g/mol. The third-order valence-corrected chi connectivity index (χ3v) is 5.58. The van der Waals surface area contributed by atoms with Crippen molar-refractivity contribution in [2.45, 2.75) is 0 Å². The van der Waals surface area contributed by atoms with Crippen LogP contribution >= 0.6 is 11.6 Å². The highest BCUT2D eigenvalue weighted by atomic mass is 35.5. The molecule has 3 aromatic carbocycles. The van der Waals surface area contributed by atoms with Crippen LogP contribution in [0.1, 0.15) is 31.1 Å². The summed E-state index contributed by atoms with van der Waals surface area (Å²) >= 11 is 6.34. The number of nitrogens with two attached hydrogens (primary N) is 1. The number of hydrogen-bond acceptors (Lipinski definition) is 5. The Balaban J connectivity index is 1.70. The van der Waals surface area contributed by atoms with E-state index in [9.17, 15) is 14.4 Å². The maximum absolute atomic E-state index is 13.5. The van der Waals surface area contributed by atoms with E-state index in [0.29, 0.717) is 32.1 Å². The molecule has 6 nitrogen and oxygen atoms in total. The summed E-state index contributed by atoms with van der Waals surface area (Å²) in [6.07, 6.45) is 0. The van der Waals surface area contributed by atoms with Crippen LogP contribution in [-0.2, 0) is 0 Å². The van der Waals surface area contributed by atoms with Crippen LogP contribution in [0.15, 0.2) is 72.8 Å². The fourth-order valence-corrected chi connectivity index (χ4v) is 4.01. The van der Waals surface area contributed by atoms with Gasteiger partial charge in [-0.05, 0) is 30.3 Å². The second kappa shape index (κ2) is 7.04. The molecule has 0 unspecified atom stereocenters. The predicted molar refractivity (Wildman–Crippen MR) is 118 cm³/mol. The smallest absolute Gasteiger partial charge is 0.270 e. The molecule has 0 aliphatic carbocycles. The quantitative estimate of drug-likeness (QED) is 0.373. The first-order valence-corrected chi connectivity index (χ1v) is 9.81. The number of aromatic nitrogens is 1. The summed E-state index contributed by atoms with van der Waals surface area (Å²) in [6, 6.07) is 20.3. The first kappa shape index (κ1) is 19.0. The Kier molecular flexibility index (Phi) is 4.30. The van der Waals surface area contributed by atoms with Gasteiger partial charge in [0.25, 0.3) is 17.7 Å². The van der Waals surface area contributed by atoms with Gasteiger partial charge in [-0.25, -0.2) is 9.88 Å². The van der Waals surface area contributed by atoms with Gasteiger partial charge in [0.05, 0.1) is 27.9 Å². The Morgan fingerprint density at radius 2 is 1.58 bits per heavy atom. The lowest BCUT2D eigenvalue weighted by atomic mass is 10.0. The van der Waals surface area contributed by atoms with Gasteiger partial charge in [-0.2, -0.15) is 0 Å². The van der Waals surface area contributed by atoms with Gasteiger partial charge < -0.3 is 5.73 Å². The van der Waals surface area contributed by atoms with Crippen molar-refractivity contribution < 1.29 is 14.4 Å². The molecule has 0 saturated carbocycles. The lowest BCUT2D eigenvalue weighted by Gasteiger charge is -2.15. The number of nitrogens with zero attached hydrogens (tertiary/aromatic N) is 2. The third-order valence-electron chi connectivity index (χ3n) is 5.25. The van der Waals surface area contributed by atoms with Crippen molar-refractivity contribution in [1.29, 1.82) is 0 Å². The van der Waals surface area contributed by atoms with Crippen LogP contribution in [0.5, 0.6) is 0 Å². The molecule has 1 aliphatic heterocycles. The van der Waals surface area contributed by atoms with E-state index in [1.165, 1.54) is 12.1 Å². The molecule has 0 atom stereocenters. The number of halogens is 1. The standard InChI is InChI=1S/C24H14ClN3O3/c25-17-9-3-1-7-14(17)20-12-16(13-6-2-4-11-19(13)27-20)23(30)28-22(29)15-8-5-10-18(26)21(15)24(28)31/h1-12H,26H2. The molecule has 4 aromatic rings. The summed E-state index contributed by atoms with van der Waals surface area (Å²) in [5.41, 5.74) is 8.03. The number of anilines is 1. The van der Waals surface area contributed by atoms with E-state index in [1.54, 1.807) is 54.6 Å². The van der Waals surface area contributed by atoms with Crippen molar-refractivity contribution in [3.63, 3.8) is 0 Å². The average Bonchev–Trinajstić information content (AvgIpc) is 3.04. The number of rotatable bonds is 2. The summed E-state index contributed by atoms with van der Waals surface area (Å²) in [5.74, 6) is -2.17. The lowest BCUT2D eigenvalue weighted by Crippen LogP contribution is -2.36. The van der Waals surface area contributed by atoms with Crippen LogP contribution < -0.4 is 5.73 Å². The molecule has 1 aromatic heterocycles. The third kappa shape index (κ3) is 2.88.